The summed E-state index contributed by atoms with van der Waals surface area (Å²) < 4.78 is 16.5. The summed E-state index contributed by atoms with van der Waals surface area (Å²) in [5, 5.41) is 0. The molecule has 35 heavy (non-hydrogen) atoms. The summed E-state index contributed by atoms with van der Waals surface area (Å²) in [6.45, 7) is 4.89. The van der Waals surface area contributed by atoms with Gasteiger partial charge in [0.05, 0.1) is 19.6 Å². The molecular weight excluding hydrogens is 446 g/mol. The lowest BCUT2D eigenvalue weighted by Crippen LogP contribution is -2.43. The molecule has 3 aromatic rings. The molecule has 4 rings (SSSR count). The first-order valence-corrected chi connectivity index (χ1v) is 11.7. The van der Waals surface area contributed by atoms with Crippen molar-refractivity contribution in [2.24, 2.45) is 5.92 Å². The van der Waals surface area contributed by atoms with Crippen molar-refractivity contribution in [1.82, 2.24) is 14.9 Å². The van der Waals surface area contributed by atoms with Crippen LogP contribution in [0.1, 0.15) is 35.7 Å². The largest absolute Gasteiger partial charge is 0.497 e. The quantitative estimate of drug-likeness (QED) is 0.459. The number of likely N-dealkylation sites (tertiary alicyclic amines) is 1. The number of ether oxygens (including phenoxy) is 3. The number of hydrogen-bond acceptors (Lipinski definition) is 7. The Hall–Kier alpha value is -3.94. The van der Waals surface area contributed by atoms with Crippen molar-refractivity contribution in [1.29, 1.82) is 0 Å². The van der Waals surface area contributed by atoms with Crippen molar-refractivity contribution in [3.63, 3.8) is 0 Å². The molecule has 1 fully saturated rings. The number of carbonyl (C=O) groups is 2. The van der Waals surface area contributed by atoms with Gasteiger partial charge in [-0.2, -0.15) is 4.98 Å². The van der Waals surface area contributed by atoms with Crippen LogP contribution in [-0.4, -0.2) is 53.6 Å². The highest BCUT2D eigenvalue weighted by Gasteiger charge is 2.31. The van der Waals surface area contributed by atoms with Gasteiger partial charge in [-0.3, -0.25) is 9.59 Å². The molecule has 8 nitrogen and oxygen atoms in total. The second-order valence-electron chi connectivity index (χ2n) is 8.40. The lowest BCUT2D eigenvalue weighted by Gasteiger charge is -2.31. The third-order valence-electron chi connectivity index (χ3n) is 5.87. The number of methoxy groups -OCH3 is 1. The van der Waals surface area contributed by atoms with Gasteiger partial charge in [0, 0.05) is 24.8 Å². The van der Waals surface area contributed by atoms with E-state index in [0.29, 0.717) is 44.1 Å². The molecule has 1 aliphatic rings. The average Bonchev–Trinajstić information content (AvgIpc) is 2.88. The van der Waals surface area contributed by atoms with Gasteiger partial charge in [-0.15, -0.1) is 0 Å². The molecule has 1 aliphatic heterocycles. The monoisotopic (exact) mass is 475 g/mol. The number of nitrogens with zero attached hydrogens (tertiary/aromatic N) is 3. The van der Waals surface area contributed by atoms with Gasteiger partial charge in [0.2, 0.25) is 5.88 Å². The van der Waals surface area contributed by atoms with Crippen LogP contribution < -0.4 is 9.47 Å². The van der Waals surface area contributed by atoms with Crippen LogP contribution in [0.3, 0.4) is 0 Å². The molecule has 1 saturated heterocycles. The first-order chi connectivity index (χ1) is 17.0. The molecule has 1 aromatic heterocycles. The molecule has 0 aliphatic carbocycles. The Morgan fingerprint density at radius 1 is 1.11 bits per heavy atom. The molecule has 2 aromatic carbocycles. The van der Waals surface area contributed by atoms with Crippen LogP contribution in [0.15, 0.2) is 54.7 Å². The molecule has 1 amide bonds. The van der Waals surface area contributed by atoms with E-state index < -0.39 is 0 Å². The summed E-state index contributed by atoms with van der Waals surface area (Å²) in [7, 11) is 1.60. The zero-order valence-electron chi connectivity index (χ0n) is 20.2. The third-order valence-corrected chi connectivity index (χ3v) is 5.87. The number of aromatic nitrogens is 2. The maximum atomic E-state index is 13.5. The van der Waals surface area contributed by atoms with Gasteiger partial charge in [-0.1, -0.05) is 12.1 Å². The molecule has 0 spiro atoms. The normalized spacial score (nSPS) is 15.4. The fraction of sp³-hybridized carbons (Fsp3) is 0.333. The minimum Gasteiger partial charge on any atom is -0.497 e. The van der Waals surface area contributed by atoms with E-state index in [9.17, 15) is 9.59 Å². The predicted octanol–water partition coefficient (Wildman–Crippen LogP) is 4.67. The van der Waals surface area contributed by atoms with E-state index >= 15 is 0 Å². The zero-order chi connectivity index (χ0) is 24.8. The molecule has 1 atom stereocenters. The van der Waals surface area contributed by atoms with Crippen LogP contribution in [0.4, 0.5) is 0 Å². The Bertz CT molecular complexity index is 1200. The maximum absolute atomic E-state index is 13.5. The molecule has 182 valence electrons. The fourth-order valence-corrected chi connectivity index (χ4v) is 4.04. The minimum absolute atomic E-state index is 0.166. The Labute approximate surface area is 204 Å². The summed E-state index contributed by atoms with van der Waals surface area (Å²) in [4.78, 5) is 36.5. The van der Waals surface area contributed by atoms with E-state index in [1.165, 1.54) is 6.20 Å². The Balaban J connectivity index is 1.66. The smallest absolute Gasteiger partial charge is 0.310 e. The summed E-state index contributed by atoms with van der Waals surface area (Å²) in [6, 6.07) is 14.9. The van der Waals surface area contributed by atoms with E-state index in [0.717, 1.165) is 16.9 Å². The first kappa shape index (κ1) is 24.2. The molecule has 0 saturated carbocycles. The van der Waals surface area contributed by atoms with Crippen molar-refractivity contribution >= 4 is 11.9 Å². The zero-order valence-corrected chi connectivity index (χ0v) is 20.2. The maximum Gasteiger partial charge on any atom is 0.310 e. The van der Waals surface area contributed by atoms with Gasteiger partial charge in [0.1, 0.15) is 17.1 Å². The number of benzene rings is 2. The van der Waals surface area contributed by atoms with Crippen LogP contribution >= 0.6 is 0 Å². The van der Waals surface area contributed by atoms with Crippen LogP contribution in [0.25, 0.3) is 11.4 Å². The second kappa shape index (κ2) is 11.0. The van der Waals surface area contributed by atoms with Crippen molar-refractivity contribution in [2.75, 3.05) is 26.8 Å². The molecular formula is C27H29N3O5. The highest BCUT2D eigenvalue weighted by atomic mass is 16.5. The summed E-state index contributed by atoms with van der Waals surface area (Å²) >= 11 is 0. The number of rotatable bonds is 7. The molecule has 0 N–H and O–H groups in total. The topological polar surface area (TPSA) is 90.9 Å². The number of esters is 1. The predicted molar refractivity (Wildman–Crippen MR) is 131 cm³/mol. The highest BCUT2D eigenvalue weighted by molar-refractivity contribution is 5.96. The van der Waals surface area contributed by atoms with Gasteiger partial charge in [-0.05, 0) is 68.7 Å². The van der Waals surface area contributed by atoms with Gasteiger partial charge in [0.15, 0.2) is 5.82 Å². The van der Waals surface area contributed by atoms with Crippen molar-refractivity contribution in [2.45, 2.75) is 26.7 Å². The van der Waals surface area contributed by atoms with E-state index in [1.54, 1.807) is 18.9 Å². The number of piperidine rings is 1. The van der Waals surface area contributed by atoms with E-state index in [1.807, 2.05) is 55.5 Å². The number of hydrogen-bond donors (Lipinski definition) is 0. The minimum atomic E-state index is -0.340. The number of carbonyl (C=O) groups excluding carboxylic acids is 2. The average molecular weight is 476 g/mol. The molecule has 8 heteroatoms. The van der Waals surface area contributed by atoms with E-state index in [-0.39, 0.29) is 29.2 Å². The van der Waals surface area contributed by atoms with Gasteiger partial charge in [-0.25, -0.2) is 4.98 Å². The van der Waals surface area contributed by atoms with Crippen LogP contribution in [0.2, 0.25) is 0 Å². The summed E-state index contributed by atoms with van der Waals surface area (Å²) in [5.41, 5.74) is 2.03. The second-order valence-corrected chi connectivity index (χ2v) is 8.40. The Morgan fingerprint density at radius 3 is 2.63 bits per heavy atom. The van der Waals surface area contributed by atoms with Crippen molar-refractivity contribution < 1.29 is 23.8 Å². The summed E-state index contributed by atoms with van der Waals surface area (Å²) in [5.74, 6) is 0.998. The standard InChI is InChI=1S/C27H29N3O5/c1-4-34-27(32)20-8-6-14-30(17-20)26(31)23-16-28-24(19-10-12-21(33-3)13-11-19)29-25(23)35-22-9-5-7-18(2)15-22/h5,7,9-13,15-16,20H,4,6,8,14,17H2,1-3H3. The van der Waals surface area contributed by atoms with Gasteiger partial charge >= 0.3 is 5.97 Å². The third kappa shape index (κ3) is 5.77. The molecule has 1 unspecified atom stereocenters. The Morgan fingerprint density at radius 2 is 1.91 bits per heavy atom. The molecule has 0 radical (unpaired) electrons. The van der Waals surface area contributed by atoms with E-state index in [4.69, 9.17) is 14.2 Å². The number of amides is 1. The fourth-order valence-electron chi connectivity index (χ4n) is 4.04. The lowest BCUT2D eigenvalue weighted by atomic mass is 9.97. The van der Waals surface area contributed by atoms with Gasteiger partial charge < -0.3 is 19.1 Å². The van der Waals surface area contributed by atoms with Gasteiger partial charge in [0.25, 0.3) is 5.91 Å². The van der Waals surface area contributed by atoms with Crippen molar-refractivity contribution in [3.05, 3.63) is 65.9 Å². The lowest BCUT2D eigenvalue weighted by molar-refractivity contribution is -0.149. The Kier molecular flexibility index (Phi) is 7.60. The molecule has 0 bridgehead atoms. The van der Waals surface area contributed by atoms with E-state index in [2.05, 4.69) is 9.97 Å². The highest BCUT2D eigenvalue weighted by Crippen LogP contribution is 2.29. The molecule has 2 heterocycles. The SMILES string of the molecule is CCOC(=O)C1CCCN(C(=O)c2cnc(-c3ccc(OC)cc3)nc2Oc2cccc(C)c2)C1. The number of aryl methyl sites for hydroxylation is 1. The van der Waals surface area contributed by atoms with Crippen LogP contribution in [-0.2, 0) is 9.53 Å². The van der Waals surface area contributed by atoms with Crippen LogP contribution in [0, 0.1) is 12.8 Å². The summed E-state index contributed by atoms with van der Waals surface area (Å²) in [6.07, 6.45) is 2.91. The van der Waals surface area contributed by atoms with Crippen molar-refractivity contribution in [3.8, 4) is 28.8 Å². The van der Waals surface area contributed by atoms with Crippen LogP contribution in [0.5, 0.6) is 17.4 Å². The first-order valence-electron chi connectivity index (χ1n) is 11.7.